The predicted octanol–water partition coefficient (Wildman–Crippen LogP) is -4.18. The fourth-order valence-corrected chi connectivity index (χ4v) is 2.11. The van der Waals surface area contributed by atoms with Crippen molar-refractivity contribution >= 4 is 23.7 Å². The van der Waals surface area contributed by atoms with Crippen LogP contribution in [0.4, 0.5) is 0 Å². The summed E-state index contributed by atoms with van der Waals surface area (Å²) in [6.07, 6.45) is 1.71. The van der Waals surface area contributed by atoms with Gasteiger partial charge in [0.25, 0.3) is 0 Å². The van der Waals surface area contributed by atoms with E-state index in [2.05, 4.69) is 20.6 Å². The lowest BCUT2D eigenvalue weighted by atomic mass is 10.1. The fraction of sp³-hybridized carbons (Fsp3) is 0.533. The van der Waals surface area contributed by atoms with E-state index in [0.29, 0.717) is 5.69 Å². The molecule has 0 saturated carbocycles. The predicted molar refractivity (Wildman–Crippen MR) is 93.5 cm³/mol. The van der Waals surface area contributed by atoms with Crippen LogP contribution in [-0.2, 0) is 25.6 Å². The van der Waals surface area contributed by atoms with Gasteiger partial charge in [-0.15, -0.1) is 0 Å². The number of carboxylic acids is 1. The number of rotatable bonds is 11. The van der Waals surface area contributed by atoms with Crippen molar-refractivity contribution in [2.24, 2.45) is 5.73 Å². The van der Waals surface area contributed by atoms with E-state index >= 15 is 0 Å². The molecule has 1 heterocycles. The summed E-state index contributed by atoms with van der Waals surface area (Å²) in [5.74, 6) is -3.91. The molecular formula is C15H24N6O7. The number of nitrogens with one attached hydrogen (secondary N) is 4. The molecule has 1 aromatic heterocycles. The van der Waals surface area contributed by atoms with Crippen LogP contribution in [0.2, 0.25) is 0 Å². The van der Waals surface area contributed by atoms with Gasteiger partial charge in [0.15, 0.2) is 6.04 Å². The molecule has 3 amide bonds. The van der Waals surface area contributed by atoms with Crippen molar-refractivity contribution in [3.05, 3.63) is 18.2 Å². The summed E-state index contributed by atoms with van der Waals surface area (Å²) in [7, 11) is 0. The number of aromatic amines is 1. The molecule has 1 aromatic rings. The first-order chi connectivity index (χ1) is 13.1. The molecule has 13 nitrogen and oxygen atoms in total. The highest BCUT2D eigenvalue weighted by Gasteiger charge is 2.29. The number of hydrogen-bond acceptors (Lipinski definition) is 8. The molecule has 28 heavy (non-hydrogen) atoms. The molecule has 4 unspecified atom stereocenters. The van der Waals surface area contributed by atoms with E-state index in [-0.39, 0.29) is 6.42 Å². The lowest BCUT2D eigenvalue weighted by Gasteiger charge is -2.21. The SMILES string of the molecule is CC(O)C(NC(=O)C(CO)NC(=O)CNC(=O)C(N)Cc1cnc[nH]1)C(=O)O. The van der Waals surface area contributed by atoms with Gasteiger partial charge in [-0.2, -0.15) is 0 Å². The van der Waals surface area contributed by atoms with Gasteiger partial charge in [-0.1, -0.05) is 0 Å². The number of hydrogen-bond donors (Lipinski definition) is 8. The molecule has 13 heteroatoms. The highest BCUT2D eigenvalue weighted by molar-refractivity contribution is 5.92. The first-order valence-corrected chi connectivity index (χ1v) is 8.27. The monoisotopic (exact) mass is 400 g/mol. The lowest BCUT2D eigenvalue weighted by molar-refractivity contribution is -0.145. The standard InChI is InChI=1S/C15H24N6O7/c1-7(23)12(15(27)28)21-14(26)10(5-22)20-11(24)4-18-13(25)9(16)2-8-3-17-6-19-8/h3,6-7,9-10,12,22-23H,2,4-5,16H2,1H3,(H,17,19)(H,18,25)(H,20,24)(H,21,26)(H,27,28). The Bertz CT molecular complexity index is 678. The number of nitrogens with two attached hydrogens (primary N) is 1. The smallest absolute Gasteiger partial charge is 0.328 e. The van der Waals surface area contributed by atoms with E-state index in [1.807, 2.05) is 5.32 Å². The van der Waals surface area contributed by atoms with Crippen LogP contribution >= 0.6 is 0 Å². The fourth-order valence-electron chi connectivity index (χ4n) is 2.11. The Morgan fingerprint density at radius 2 is 1.93 bits per heavy atom. The minimum Gasteiger partial charge on any atom is -0.480 e. The molecule has 0 aliphatic heterocycles. The molecule has 0 aliphatic rings. The van der Waals surface area contributed by atoms with Crippen LogP contribution < -0.4 is 21.7 Å². The van der Waals surface area contributed by atoms with Crippen LogP contribution in [0.3, 0.4) is 0 Å². The van der Waals surface area contributed by atoms with Crippen LogP contribution in [-0.4, -0.2) is 86.4 Å². The minimum atomic E-state index is -1.61. The quantitative estimate of drug-likeness (QED) is 0.180. The van der Waals surface area contributed by atoms with Gasteiger partial charge in [0.2, 0.25) is 17.7 Å². The minimum absolute atomic E-state index is 0.172. The zero-order valence-electron chi connectivity index (χ0n) is 15.1. The number of imidazole rings is 1. The molecule has 0 aromatic carbocycles. The van der Waals surface area contributed by atoms with Crippen LogP contribution in [0.25, 0.3) is 0 Å². The molecule has 0 fully saturated rings. The van der Waals surface area contributed by atoms with E-state index < -0.39 is 61.1 Å². The summed E-state index contributed by atoms with van der Waals surface area (Å²) in [5.41, 5.74) is 6.34. The Hall–Kier alpha value is -3.03. The number of H-pyrrole nitrogens is 1. The normalized spacial score (nSPS) is 15.0. The summed E-state index contributed by atoms with van der Waals surface area (Å²) < 4.78 is 0. The summed E-state index contributed by atoms with van der Waals surface area (Å²) >= 11 is 0. The molecule has 0 saturated heterocycles. The van der Waals surface area contributed by atoms with Gasteiger partial charge in [-0.3, -0.25) is 14.4 Å². The summed E-state index contributed by atoms with van der Waals surface area (Å²) in [5, 5.41) is 33.9. The van der Waals surface area contributed by atoms with Gasteiger partial charge in [0, 0.05) is 18.3 Å². The number of carboxylic acid groups (broad SMARTS) is 1. The highest BCUT2D eigenvalue weighted by atomic mass is 16.4. The van der Waals surface area contributed by atoms with E-state index in [1.54, 1.807) is 0 Å². The second-order valence-electron chi connectivity index (χ2n) is 5.97. The van der Waals surface area contributed by atoms with Gasteiger partial charge < -0.3 is 42.0 Å². The molecule has 0 radical (unpaired) electrons. The third-order valence-corrected chi connectivity index (χ3v) is 3.64. The van der Waals surface area contributed by atoms with Crippen LogP contribution in [0.5, 0.6) is 0 Å². The van der Waals surface area contributed by atoms with Crippen molar-refractivity contribution in [3.8, 4) is 0 Å². The van der Waals surface area contributed by atoms with Gasteiger partial charge in [-0.25, -0.2) is 9.78 Å². The molecule has 9 N–H and O–H groups in total. The van der Waals surface area contributed by atoms with Gasteiger partial charge in [0.05, 0.1) is 31.6 Å². The number of nitrogens with zero attached hydrogens (tertiary/aromatic N) is 1. The van der Waals surface area contributed by atoms with Crippen molar-refractivity contribution in [2.45, 2.75) is 37.6 Å². The zero-order chi connectivity index (χ0) is 21.3. The molecule has 0 bridgehead atoms. The van der Waals surface area contributed by atoms with Crippen LogP contribution in [0.15, 0.2) is 12.5 Å². The van der Waals surface area contributed by atoms with E-state index in [4.69, 9.17) is 10.8 Å². The topological polar surface area (TPSA) is 220 Å². The molecular weight excluding hydrogens is 376 g/mol. The molecule has 0 aliphatic carbocycles. The van der Waals surface area contributed by atoms with Crippen molar-refractivity contribution in [1.82, 2.24) is 25.9 Å². The van der Waals surface area contributed by atoms with Crippen molar-refractivity contribution in [1.29, 1.82) is 0 Å². The van der Waals surface area contributed by atoms with Gasteiger partial charge >= 0.3 is 5.97 Å². The summed E-state index contributed by atoms with van der Waals surface area (Å²) in [6.45, 7) is -0.178. The Morgan fingerprint density at radius 1 is 1.25 bits per heavy atom. The number of carbonyl (C=O) groups is 4. The number of carbonyl (C=O) groups excluding carboxylic acids is 3. The largest absolute Gasteiger partial charge is 0.480 e. The van der Waals surface area contributed by atoms with Crippen molar-refractivity contribution in [3.63, 3.8) is 0 Å². The third kappa shape index (κ3) is 7.30. The molecule has 0 spiro atoms. The molecule has 156 valence electrons. The van der Waals surface area contributed by atoms with Gasteiger partial charge in [0.1, 0.15) is 6.04 Å². The van der Waals surface area contributed by atoms with Crippen molar-refractivity contribution in [2.75, 3.05) is 13.2 Å². The Morgan fingerprint density at radius 3 is 2.43 bits per heavy atom. The first kappa shape index (κ1) is 23.0. The number of aliphatic hydroxyl groups is 2. The molecule has 1 rings (SSSR count). The second kappa shape index (κ2) is 11.0. The Labute approximate surface area is 159 Å². The lowest BCUT2D eigenvalue weighted by Crippen LogP contribution is -2.57. The van der Waals surface area contributed by atoms with E-state index in [1.165, 1.54) is 12.5 Å². The Balaban J connectivity index is 2.49. The average molecular weight is 400 g/mol. The zero-order valence-corrected chi connectivity index (χ0v) is 15.1. The first-order valence-electron chi connectivity index (χ1n) is 8.27. The maximum atomic E-state index is 12.0. The van der Waals surface area contributed by atoms with Crippen LogP contribution in [0, 0.1) is 0 Å². The van der Waals surface area contributed by atoms with Crippen molar-refractivity contribution < 1.29 is 34.5 Å². The Kier molecular flexibility index (Phi) is 9.01. The van der Waals surface area contributed by atoms with Gasteiger partial charge in [-0.05, 0) is 6.92 Å². The number of aliphatic carboxylic acids is 1. The average Bonchev–Trinajstić information content (AvgIpc) is 3.14. The maximum Gasteiger partial charge on any atom is 0.328 e. The second-order valence-corrected chi connectivity index (χ2v) is 5.97. The highest BCUT2D eigenvalue weighted by Crippen LogP contribution is 1.97. The third-order valence-electron chi connectivity index (χ3n) is 3.64. The maximum absolute atomic E-state index is 12.0. The van der Waals surface area contributed by atoms with E-state index in [9.17, 15) is 29.4 Å². The number of aliphatic hydroxyl groups excluding tert-OH is 2. The summed E-state index contributed by atoms with van der Waals surface area (Å²) in [6, 6.07) is -4.02. The summed E-state index contributed by atoms with van der Waals surface area (Å²) in [4.78, 5) is 53.3. The van der Waals surface area contributed by atoms with E-state index in [0.717, 1.165) is 6.92 Å². The van der Waals surface area contributed by atoms with Crippen LogP contribution in [0.1, 0.15) is 12.6 Å². The molecule has 4 atom stereocenters. The number of aromatic nitrogens is 2. The number of amides is 3.